The topological polar surface area (TPSA) is 52.6 Å². The predicted molar refractivity (Wildman–Crippen MR) is 101 cm³/mol. The number of nitrogens with one attached hydrogen (secondary N) is 2. The Hall–Kier alpha value is -2.56. The Kier molecular flexibility index (Phi) is 7.60. The minimum Gasteiger partial charge on any atom is -0.375 e. The molecule has 0 aliphatic heterocycles. The molecule has 1 aromatic carbocycles. The fourth-order valence-corrected chi connectivity index (χ4v) is 2.33. The zero-order chi connectivity index (χ0) is 17.0. The lowest BCUT2D eigenvalue weighted by atomic mass is 10.3. The molecule has 0 atom stereocenters. The number of nitrogens with zero attached hydrogens (tertiary/aromatic N) is 3. The Morgan fingerprint density at radius 1 is 1.08 bits per heavy atom. The molecule has 128 valence electrons. The highest BCUT2D eigenvalue weighted by Gasteiger charge is 2.01. The molecule has 1 heterocycles. The molecule has 0 spiro atoms. The van der Waals surface area contributed by atoms with Crippen LogP contribution in [0.4, 0.5) is 5.69 Å². The maximum Gasteiger partial charge on any atom is 0.191 e. The first kappa shape index (κ1) is 17.8. The minimum absolute atomic E-state index is 0.583. The summed E-state index contributed by atoms with van der Waals surface area (Å²) in [6.07, 6.45) is 2.84. The van der Waals surface area contributed by atoms with Crippen molar-refractivity contribution in [2.75, 3.05) is 31.6 Å². The SMILES string of the molecule is CCNC(=NCc1ccccn1)NCCCN(C)c1ccccc1. The van der Waals surface area contributed by atoms with Gasteiger partial charge in [-0.1, -0.05) is 24.3 Å². The molecule has 0 saturated heterocycles. The van der Waals surface area contributed by atoms with Crippen molar-refractivity contribution in [2.24, 2.45) is 4.99 Å². The third-order valence-electron chi connectivity index (χ3n) is 3.63. The summed E-state index contributed by atoms with van der Waals surface area (Å²) < 4.78 is 0. The first-order valence-corrected chi connectivity index (χ1v) is 8.48. The number of pyridine rings is 1. The average Bonchev–Trinajstić information content (AvgIpc) is 2.64. The summed E-state index contributed by atoms with van der Waals surface area (Å²) in [5.41, 5.74) is 2.21. The van der Waals surface area contributed by atoms with Gasteiger partial charge < -0.3 is 15.5 Å². The fraction of sp³-hybridized carbons (Fsp3) is 0.368. The van der Waals surface area contributed by atoms with Gasteiger partial charge in [0.2, 0.25) is 0 Å². The second-order valence-corrected chi connectivity index (χ2v) is 5.55. The standard InChI is InChI=1S/C19H27N5/c1-3-20-19(23-16-17-10-7-8-13-21-17)22-14-9-15-24(2)18-11-5-4-6-12-18/h4-8,10-13H,3,9,14-16H2,1-2H3,(H2,20,22,23). The Labute approximate surface area is 144 Å². The van der Waals surface area contributed by atoms with Crippen molar-refractivity contribution in [3.63, 3.8) is 0 Å². The summed E-state index contributed by atoms with van der Waals surface area (Å²) in [5.74, 6) is 0.838. The molecule has 2 rings (SSSR count). The van der Waals surface area contributed by atoms with Gasteiger partial charge in [-0.3, -0.25) is 4.98 Å². The molecular formula is C19H27N5. The Balaban J connectivity index is 1.75. The highest BCUT2D eigenvalue weighted by molar-refractivity contribution is 5.79. The second kappa shape index (κ2) is 10.3. The van der Waals surface area contributed by atoms with Gasteiger partial charge >= 0.3 is 0 Å². The number of hydrogen-bond donors (Lipinski definition) is 2. The number of aliphatic imine (C=N–C) groups is 1. The molecule has 0 bridgehead atoms. The van der Waals surface area contributed by atoms with E-state index in [1.807, 2.05) is 24.3 Å². The zero-order valence-corrected chi connectivity index (χ0v) is 14.6. The van der Waals surface area contributed by atoms with E-state index in [0.717, 1.165) is 37.7 Å². The number of para-hydroxylation sites is 1. The highest BCUT2D eigenvalue weighted by atomic mass is 15.2. The lowest BCUT2D eigenvalue weighted by molar-refractivity contribution is 0.730. The van der Waals surface area contributed by atoms with E-state index in [1.54, 1.807) is 6.20 Å². The van der Waals surface area contributed by atoms with Crippen LogP contribution in [0.15, 0.2) is 59.7 Å². The predicted octanol–water partition coefficient (Wildman–Crippen LogP) is 2.66. The lowest BCUT2D eigenvalue weighted by Crippen LogP contribution is -2.38. The molecule has 2 N–H and O–H groups in total. The number of hydrogen-bond acceptors (Lipinski definition) is 3. The first-order valence-electron chi connectivity index (χ1n) is 8.48. The van der Waals surface area contributed by atoms with Gasteiger partial charge in [0, 0.05) is 38.6 Å². The van der Waals surface area contributed by atoms with Gasteiger partial charge in [-0.2, -0.15) is 0 Å². The van der Waals surface area contributed by atoms with Crippen LogP contribution in [-0.4, -0.2) is 37.6 Å². The Bertz CT molecular complexity index is 598. The first-order chi connectivity index (χ1) is 11.8. The van der Waals surface area contributed by atoms with Crippen LogP contribution in [0.3, 0.4) is 0 Å². The minimum atomic E-state index is 0.583. The smallest absolute Gasteiger partial charge is 0.191 e. The summed E-state index contributed by atoms with van der Waals surface area (Å²) in [7, 11) is 2.12. The molecule has 0 radical (unpaired) electrons. The molecule has 5 heteroatoms. The van der Waals surface area contributed by atoms with Crippen molar-refractivity contribution in [3.8, 4) is 0 Å². The van der Waals surface area contributed by atoms with E-state index < -0.39 is 0 Å². The van der Waals surface area contributed by atoms with Gasteiger partial charge in [0.1, 0.15) is 0 Å². The summed E-state index contributed by atoms with van der Waals surface area (Å²) in [4.78, 5) is 11.1. The van der Waals surface area contributed by atoms with Gasteiger partial charge in [0.25, 0.3) is 0 Å². The van der Waals surface area contributed by atoms with E-state index in [9.17, 15) is 0 Å². The van der Waals surface area contributed by atoms with E-state index in [4.69, 9.17) is 0 Å². The largest absolute Gasteiger partial charge is 0.375 e. The maximum absolute atomic E-state index is 4.58. The van der Waals surface area contributed by atoms with E-state index in [0.29, 0.717) is 6.54 Å². The Morgan fingerprint density at radius 2 is 1.88 bits per heavy atom. The van der Waals surface area contributed by atoms with E-state index in [1.165, 1.54) is 5.69 Å². The summed E-state index contributed by atoms with van der Waals surface area (Å²) in [5, 5.41) is 6.65. The van der Waals surface area contributed by atoms with Crippen LogP contribution in [0.2, 0.25) is 0 Å². The zero-order valence-electron chi connectivity index (χ0n) is 14.6. The number of anilines is 1. The van der Waals surface area contributed by atoms with Crippen molar-refractivity contribution in [1.82, 2.24) is 15.6 Å². The molecule has 0 amide bonds. The second-order valence-electron chi connectivity index (χ2n) is 5.55. The van der Waals surface area contributed by atoms with Crippen molar-refractivity contribution < 1.29 is 0 Å². The fourth-order valence-electron chi connectivity index (χ4n) is 2.33. The summed E-state index contributed by atoms with van der Waals surface area (Å²) in [6, 6.07) is 16.3. The van der Waals surface area contributed by atoms with Crippen molar-refractivity contribution >= 4 is 11.6 Å². The van der Waals surface area contributed by atoms with Crippen LogP contribution in [0.1, 0.15) is 19.0 Å². The monoisotopic (exact) mass is 325 g/mol. The lowest BCUT2D eigenvalue weighted by Gasteiger charge is -2.19. The molecule has 5 nitrogen and oxygen atoms in total. The van der Waals surface area contributed by atoms with Crippen molar-refractivity contribution in [2.45, 2.75) is 19.9 Å². The molecule has 1 aromatic heterocycles. The van der Waals surface area contributed by atoms with E-state index in [2.05, 4.69) is 63.7 Å². The molecule has 24 heavy (non-hydrogen) atoms. The van der Waals surface area contributed by atoms with Gasteiger partial charge in [-0.05, 0) is 37.6 Å². The Morgan fingerprint density at radius 3 is 2.58 bits per heavy atom. The molecular weight excluding hydrogens is 298 g/mol. The number of aromatic nitrogens is 1. The highest BCUT2D eigenvalue weighted by Crippen LogP contribution is 2.10. The van der Waals surface area contributed by atoms with Crippen molar-refractivity contribution in [3.05, 3.63) is 60.4 Å². The van der Waals surface area contributed by atoms with Crippen LogP contribution < -0.4 is 15.5 Å². The van der Waals surface area contributed by atoms with Gasteiger partial charge in [-0.25, -0.2) is 4.99 Å². The van der Waals surface area contributed by atoms with Crippen LogP contribution in [0.5, 0.6) is 0 Å². The number of guanidine groups is 1. The number of rotatable bonds is 8. The van der Waals surface area contributed by atoms with E-state index in [-0.39, 0.29) is 0 Å². The van der Waals surface area contributed by atoms with Crippen LogP contribution in [0, 0.1) is 0 Å². The maximum atomic E-state index is 4.58. The molecule has 0 fully saturated rings. The molecule has 0 aliphatic rings. The third kappa shape index (κ3) is 6.28. The molecule has 0 aliphatic carbocycles. The third-order valence-corrected chi connectivity index (χ3v) is 3.63. The van der Waals surface area contributed by atoms with Crippen molar-refractivity contribution in [1.29, 1.82) is 0 Å². The van der Waals surface area contributed by atoms with Crippen LogP contribution >= 0.6 is 0 Å². The molecule has 2 aromatic rings. The summed E-state index contributed by atoms with van der Waals surface area (Å²) in [6.45, 7) is 5.38. The van der Waals surface area contributed by atoms with E-state index >= 15 is 0 Å². The molecule has 0 unspecified atom stereocenters. The van der Waals surface area contributed by atoms with Crippen LogP contribution in [0.25, 0.3) is 0 Å². The van der Waals surface area contributed by atoms with Gasteiger partial charge in [0.05, 0.1) is 12.2 Å². The van der Waals surface area contributed by atoms with Gasteiger partial charge in [-0.15, -0.1) is 0 Å². The van der Waals surface area contributed by atoms with Gasteiger partial charge in [0.15, 0.2) is 5.96 Å². The quantitative estimate of drug-likeness (QED) is 0.445. The average molecular weight is 325 g/mol. The normalized spacial score (nSPS) is 11.2. The summed E-state index contributed by atoms with van der Waals surface area (Å²) >= 11 is 0. The number of benzene rings is 1. The van der Waals surface area contributed by atoms with Crippen LogP contribution in [-0.2, 0) is 6.54 Å². The molecule has 0 saturated carbocycles.